The minimum Gasteiger partial charge on any atom is -0.317 e. The molecule has 1 heterocycles. The second-order valence-corrected chi connectivity index (χ2v) is 5.87. The van der Waals surface area contributed by atoms with E-state index in [4.69, 9.17) is 0 Å². The van der Waals surface area contributed by atoms with Crippen molar-refractivity contribution in [2.45, 2.75) is 51.5 Å². The molecular weight excluding hydrogens is 196 g/mol. The van der Waals surface area contributed by atoms with Crippen molar-refractivity contribution in [2.24, 2.45) is 11.8 Å². The quantitative estimate of drug-likeness (QED) is 0.789. The lowest BCUT2D eigenvalue weighted by atomic mass is 9.75. The van der Waals surface area contributed by atoms with E-state index in [1.54, 1.807) is 0 Å². The summed E-state index contributed by atoms with van der Waals surface area (Å²) in [6, 6.07) is 0.670. The Hall–Kier alpha value is -0.0800. The highest BCUT2D eigenvalue weighted by atomic mass is 15.1. The van der Waals surface area contributed by atoms with Gasteiger partial charge >= 0.3 is 0 Å². The third-order valence-electron chi connectivity index (χ3n) is 4.75. The van der Waals surface area contributed by atoms with E-state index >= 15 is 0 Å². The zero-order valence-electron chi connectivity index (χ0n) is 11.0. The van der Waals surface area contributed by atoms with Crippen LogP contribution >= 0.6 is 0 Å². The van der Waals surface area contributed by atoms with Gasteiger partial charge in [-0.25, -0.2) is 0 Å². The van der Waals surface area contributed by atoms with Crippen LogP contribution in [0.5, 0.6) is 0 Å². The third-order valence-corrected chi connectivity index (χ3v) is 4.75. The van der Waals surface area contributed by atoms with Crippen LogP contribution in [0.2, 0.25) is 0 Å². The normalized spacial score (nSPS) is 33.4. The highest BCUT2D eigenvalue weighted by Gasteiger charge is 2.30. The minimum absolute atomic E-state index is 0.670. The van der Waals surface area contributed by atoms with E-state index in [0.717, 1.165) is 11.8 Å². The Balaban J connectivity index is 1.72. The summed E-state index contributed by atoms with van der Waals surface area (Å²) in [5.41, 5.74) is 0. The Morgan fingerprint density at radius 3 is 2.69 bits per heavy atom. The summed E-state index contributed by atoms with van der Waals surface area (Å²) in [4.78, 5) is 2.71. The van der Waals surface area contributed by atoms with Gasteiger partial charge in [0, 0.05) is 12.6 Å². The Morgan fingerprint density at radius 1 is 1.19 bits per heavy atom. The molecule has 0 aromatic heterocycles. The highest BCUT2D eigenvalue weighted by molar-refractivity contribution is 4.83. The molecule has 94 valence electrons. The van der Waals surface area contributed by atoms with E-state index in [0.29, 0.717) is 6.04 Å². The van der Waals surface area contributed by atoms with Crippen LogP contribution in [0.3, 0.4) is 0 Å². The van der Waals surface area contributed by atoms with Crippen molar-refractivity contribution in [1.29, 1.82) is 0 Å². The van der Waals surface area contributed by atoms with Gasteiger partial charge in [0.25, 0.3) is 0 Å². The summed E-state index contributed by atoms with van der Waals surface area (Å²) < 4.78 is 0. The van der Waals surface area contributed by atoms with Crippen molar-refractivity contribution in [1.82, 2.24) is 10.2 Å². The Morgan fingerprint density at radius 2 is 1.94 bits per heavy atom. The molecule has 2 aliphatic rings. The summed E-state index contributed by atoms with van der Waals surface area (Å²) in [5.74, 6) is 2.11. The average Bonchev–Trinajstić information content (AvgIpc) is 2.35. The first kappa shape index (κ1) is 12.4. The molecule has 2 fully saturated rings. The number of nitrogens with zero attached hydrogens (tertiary/aromatic N) is 1. The van der Waals surface area contributed by atoms with Crippen LogP contribution in [0.25, 0.3) is 0 Å². The summed E-state index contributed by atoms with van der Waals surface area (Å²) in [7, 11) is 2.07. The van der Waals surface area contributed by atoms with Crippen molar-refractivity contribution >= 4 is 0 Å². The van der Waals surface area contributed by atoms with Crippen molar-refractivity contribution in [2.75, 3.05) is 26.7 Å². The molecule has 1 saturated carbocycles. The molecule has 3 atom stereocenters. The minimum atomic E-state index is 0.670. The van der Waals surface area contributed by atoms with Gasteiger partial charge in [-0.2, -0.15) is 0 Å². The largest absolute Gasteiger partial charge is 0.317 e. The first-order chi connectivity index (χ1) is 7.79. The van der Waals surface area contributed by atoms with Crippen molar-refractivity contribution < 1.29 is 0 Å². The molecule has 1 aliphatic heterocycles. The summed E-state index contributed by atoms with van der Waals surface area (Å²) in [6.45, 7) is 6.33. The van der Waals surface area contributed by atoms with Gasteiger partial charge in [0.15, 0.2) is 0 Å². The second-order valence-electron chi connectivity index (χ2n) is 5.87. The predicted molar refractivity (Wildman–Crippen MR) is 69.6 cm³/mol. The van der Waals surface area contributed by atoms with Crippen LogP contribution in [-0.2, 0) is 0 Å². The van der Waals surface area contributed by atoms with Crippen molar-refractivity contribution in [3.05, 3.63) is 0 Å². The molecule has 1 saturated heterocycles. The number of hydrogen-bond acceptors (Lipinski definition) is 2. The zero-order valence-corrected chi connectivity index (χ0v) is 11.0. The standard InChI is InChI=1S/C14H28N2/c1-12(15-2)7-9-16-10-8-13-5-3-4-6-14(13)11-16/h12-15H,3-11H2,1-2H3. The first-order valence-electron chi connectivity index (χ1n) is 7.19. The maximum atomic E-state index is 3.33. The topological polar surface area (TPSA) is 15.3 Å². The van der Waals surface area contributed by atoms with Crippen LogP contribution in [-0.4, -0.2) is 37.6 Å². The number of rotatable bonds is 4. The van der Waals surface area contributed by atoms with Crippen LogP contribution in [0.15, 0.2) is 0 Å². The zero-order chi connectivity index (χ0) is 11.4. The molecular formula is C14H28N2. The van der Waals surface area contributed by atoms with Crippen LogP contribution < -0.4 is 5.32 Å². The van der Waals surface area contributed by atoms with Gasteiger partial charge in [0.2, 0.25) is 0 Å². The van der Waals surface area contributed by atoms with Gasteiger partial charge in [-0.05, 0) is 58.2 Å². The molecule has 16 heavy (non-hydrogen) atoms. The average molecular weight is 224 g/mol. The fourth-order valence-corrected chi connectivity index (χ4v) is 3.40. The van der Waals surface area contributed by atoms with E-state index in [1.165, 1.54) is 58.2 Å². The molecule has 0 amide bonds. The van der Waals surface area contributed by atoms with Gasteiger partial charge in [-0.1, -0.05) is 19.3 Å². The van der Waals surface area contributed by atoms with Crippen LogP contribution in [0.4, 0.5) is 0 Å². The lowest BCUT2D eigenvalue weighted by molar-refractivity contribution is 0.0845. The third kappa shape index (κ3) is 3.21. The molecule has 1 N–H and O–H groups in total. The second kappa shape index (κ2) is 6.02. The summed E-state index contributed by atoms with van der Waals surface area (Å²) in [5, 5.41) is 3.33. The molecule has 2 heteroatoms. The maximum absolute atomic E-state index is 3.33. The number of likely N-dealkylation sites (tertiary alicyclic amines) is 1. The lowest BCUT2D eigenvalue weighted by Gasteiger charge is -2.41. The smallest absolute Gasteiger partial charge is 0.00479 e. The summed E-state index contributed by atoms with van der Waals surface area (Å²) in [6.07, 6.45) is 8.78. The molecule has 2 rings (SSSR count). The van der Waals surface area contributed by atoms with Crippen molar-refractivity contribution in [3.63, 3.8) is 0 Å². The van der Waals surface area contributed by atoms with E-state index in [2.05, 4.69) is 24.2 Å². The number of fused-ring (bicyclic) bond motifs is 1. The van der Waals surface area contributed by atoms with Gasteiger partial charge in [-0.15, -0.1) is 0 Å². The van der Waals surface area contributed by atoms with Gasteiger partial charge in [0.1, 0.15) is 0 Å². The Labute approximate surface area is 101 Å². The molecule has 1 aliphatic carbocycles. The molecule has 0 spiro atoms. The SMILES string of the molecule is CNC(C)CCN1CCC2CCCCC2C1. The molecule has 0 aromatic carbocycles. The van der Waals surface area contributed by atoms with Crippen molar-refractivity contribution in [3.8, 4) is 0 Å². The number of hydrogen-bond donors (Lipinski definition) is 1. The van der Waals surface area contributed by atoms with Gasteiger partial charge in [0.05, 0.1) is 0 Å². The first-order valence-corrected chi connectivity index (χ1v) is 7.19. The molecule has 3 unspecified atom stereocenters. The molecule has 0 aromatic rings. The maximum Gasteiger partial charge on any atom is 0.00479 e. The molecule has 0 radical (unpaired) electrons. The van der Waals surface area contributed by atoms with E-state index in [-0.39, 0.29) is 0 Å². The molecule has 2 nitrogen and oxygen atoms in total. The molecule has 0 bridgehead atoms. The van der Waals surface area contributed by atoms with E-state index in [1.807, 2.05) is 0 Å². The highest BCUT2D eigenvalue weighted by Crippen LogP contribution is 2.35. The van der Waals surface area contributed by atoms with Crippen LogP contribution in [0, 0.1) is 11.8 Å². The lowest BCUT2D eigenvalue weighted by Crippen LogP contribution is -2.43. The van der Waals surface area contributed by atoms with E-state index in [9.17, 15) is 0 Å². The Bertz CT molecular complexity index is 205. The predicted octanol–water partition coefficient (Wildman–Crippen LogP) is 2.50. The number of piperidine rings is 1. The van der Waals surface area contributed by atoms with E-state index < -0.39 is 0 Å². The van der Waals surface area contributed by atoms with Gasteiger partial charge in [-0.3, -0.25) is 0 Å². The summed E-state index contributed by atoms with van der Waals surface area (Å²) >= 11 is 0. The van der Waals surface area contributed by atoms with Crippen LogP contribution in [0.1, 0.15) is 45.4 Å². The monoisotopic (exact) mass is 224 g/mol. The van der Waals surface area contributed by atoms with Gasteiger partial charge < -0.3 is 10.2 Å². The fourth-order valence-electron chi connectivity index (χ4n) is 3.40. The Kier molecular flexibility index (Phi) is 4.66. The fraction of sp³-hybridized carbons (Fsp3) is 1.00. The number of nitrogens with one attached hydrogen (secondary N) is 1.